The molecule has 17 heavy (non-hydrogen) atoms. The first-order chi connectivity index (χ1) is 8.11. The number of rotatable bonds is 2. The average molecular weight is 274 g/mol. The molecule has 0 saturated carbocycles. The monoisotopic (exact) mass is 273 g/mol. The molecular formula is C12H13Cl2NO2. The Kier molecular flexibility index (Phi) is 3.92. The number of carbonyl (C=O) groups excluding carboxylic acids is 1. The molecule has 1 aliphatic heterocycles. The van der Waals surface area contributed by atoms with E-state index in [1.165, 1.54) is 7.11 Å². The first kappa shape index (κ1) is 12.7. The first-order valence-corrected chi connectivity index (χ1v) is 6.16. The molecule has 2 rings (SSSR count). The maximum absolute atomic E-state index is 11.4. The van der Waals surface area contributed by atoms with Gasteiger partial charge in [0, 0.05) is 16.1 Å². The topological polar surface area (TPSA) is 38.3 Å². The second-order valence-corrected chi connectivity index (χ2v) is 4.88. The SMILES string of the molecule is COC(=O)[C@H]1CC[C@H](c2ccc(Cl)cc2Cl)N1. The predicted octanol–water partition coefficient (Wildman–Crippen LogP) is 2.96. The Morgan fingerprint density at radius 1 is 1.41 bits per heavy atom. The summed E-state index contributed by atoms with van der Waals surface area (Å²) >= 11 is 12.0. The Bertz CT molecular complexity index is 437. The van der Waals surface area contributed by atoms with E-state index in [1.54, 1.807) is 12.1 Å². The lowest BCUT2D eigenvalue weighted by molar-refractivity contribution is -0.142. The second-order valence-electron chi connectivity index (χ2n) is 4.04. The summed E-state index contributed by atoms with van der Waals surface area (Å²) in [6.07, 6.45) is 1.62. The van der Waals surface area contributed by atoms with Crippen LogP contribution in [0, 0.1) is 0 Å². The molecule has 1 aliphatic rings. The molecule has 1 N–H and O–H groups in total. The largest absolute Gasteiger partial charge is 0.468 e. The Morgan fingerprint density at radius 2 is 2.18 bits per heavy atom. The molecule has 1 saturated heterocycles. The molecule has 0 aromatic heterocycles. The number of halogens is 2. The summed E-state index contributed by atoms with van der Waals surface area (Å²) in [6, 6.07) is 5.25. The van der Waals surface area contributed by atoms with Gasteiger partial charge in [-0.2, -0.15) is 0 Å². The van der Waals surface area contributed by atoms with Gasteiger partial charge in [-0.3, -0.25) is 10.1 Å². The number of methoxy groups -OCH3 is 1. The lowest BCUT2D eigenvalue weighted by atomic mass is 10.1. The summed E-state index contributed by atoms with van der Waals surface area (Å²) in [5, 5.41) is 4.45. The van der Waals surface area contributed by atoms with E-state index in [4.69, 9.17) is 27.9 Å². The minimum atomic E-state index is -0.239. The molecular weight excluding hydrogens is 261 g/mol. The Hall–Kier alpha value is -0.770. The minimum absolute atomic E-state index is 0.0869. The zero-order valence-corrected chi connectivity index (χ0v) is 10.9. The van der Waals surface area contributed by atoms with Crippen LogP contribution < -0.4 is 5.32 Å². The fourth-order valence-corrected chi connectivity index (χ4v) is 2.64. The van der Waals surface area contributed by atoms with Crippen LogP contribution in [0.2, 0.25) is 10.0 Å². The van der Waals surface area contributed by atoms with Crippen LogP contribution >= 0.6 is 23.2 Å². The van der Waals surface area contributed by atoms with Gasteiger partial charge in [0.25, 0.3) is 0 Å². The van der Waals surface area contributed by atoms with Crippen molar-refractivity contribution in [3.8, 4) is 0 Å². The van der Waals surface area contributed by atoms with Crippen LogP contribution in [-0.4, -0.2) is 19.1 Å². The van der Waals surface area contributed by atoms with Crippen LogP contribution in [0.4, 0.5) is 0 Å². The van der Waals surface area contributed by atoms with Crippen molar-refractivity contribution in [1.82, 2.24) is 5.32 Å². The molecule has 0 aliphatic carbocycles. The van der Waals surface area contributed by atoms with Crippen LogP contribution in [-0.2, 0) is 9.53 Å². The average Bonchev–Trinajstić information content (AvgIpc) is 2.77. The van der Waals surface area contributed by atoms with Crippen LogP contribution in [0.3, 0.4) is 0 Å². The number of hydrogen-bond acceptors (Lipinski definition) is 3. The molecule has 0 radical (unpaired) electrons. The third kappa shape index (κ3) is 2.73. The molecule has 1 aromatic rings. The van der Waals surface area contributed by atoms with Crippen molar-refractivity contribution in [2.24, 2.45) is 0 Å². The van der Waals surface area contributed by atoms with Gasteiger partial charge in [0.1, 0.15) is 6.04 Å². The summed E-state index contributed by atoms with van der Waals surface area (Å²) in [4.78, 5) is 11.4. The van der Waals surface area contributed by atoms with E-state index >= 15 is 0 Å². The number of esters is 1. The zero-order valence-electron chi connectivity index (χ0n) is 9.37. The standard InChI is InChI=1S/C12H13Cl2NO2/c1-17-12(16)11-5-4-10(15-11)8-3-2-7(13)6-9(8)14/h2-3,6,10-11,15H,4-5H2,1H3/t10-,11-/m1/s1. The number of nitrogens with one attached hydrogen (secondary N) is 1. The molecule has 2 atom stereocenters. The van der Waals surface area contributed by atoms with E-state index in [9.17, 15) is 4.79 Å². The highest BCUT2D eigenvalue weighted by molar-refractivity contribution is 6.35. The van der Waals surface area contributed by atoms with Gasteiger partial charge in [0.05, 0.1) is 7.11 Å². The Morgan fingerprint density at radius 3 is 2.82 bits per heavy atom. The molecule has 1 heterocycles. The number of benzene rings is 1. The molecule has 1 aromatic carbocycles. The fourth-order valence-electron chi connectivity index (χ4n) is 2.10. The zero-order chi connectivity index (χ0) is 12.4. The summed E-state index contributed by atoms with van der Waals surface area (Å²) in [7, 11) is 1.40. The van der Waals surface area contributed by atoms with Crippen LogP contribution in [0.5, 0.6) is 0 Å². The van der Waals surface area contributed by atoms with Crippen molar-refractivity contribution in [2.45, 2.75) is 24.9 Å². The smallest absolute Gasteiger partial charge is 0.322 e. The summed E-state index contributed by atoms with van der Waals surface area (Å²) in [6.45, 7) is 0. The van der Waals surface area contributed by atoms with Crippen molar-refractivity contribution in [1.29, 1.82) is 0 Å². The number of ether oxygens (including phenoxy) is 1. The van der Waals surface area contributed by atoms with Crippen molar-refractivity contribution in [3.63, 3.8) is 0 Å². The van der Waals surface area contributed by atoms with Crippen LogP contribution in [0.25, 0.3) is 0 Å². The van der Waals surface area contributed by atoms with E-state index < -0.39 is 0 Å². The summed E-state index contributed by atoms with van der Waals surface area (Å²) in [5.74, 6) is -0.224. The van der Waals surface area contributed by atoms with Crippen molar-refractivity contribution in [3.05, 3.63) is 33.8 Å². The lowest BCUT2D eigenvalue weighted by Crippen LogP contribution is -2.33. The number of carbonyl (C=O) groups is 1. The summed E-state index contributed by atoms with van der Waals surface area (Å²) < 4.78 is 4.71. The van der Waals surface area contributed by atoms with Gasteiger partial charge in [-0.05, 0) is 30.5 Å². The highest BCUT2D eigenvalue weighted by Gasteiger charge is 2.31. The van der Waals surface area contributed by atoms with Crippen molar-refractivity contribution in [2.75, 3.05) is 7.11 Å². The predicted molar refractivity (Wildman–Crippen MR) is 67.4 cm³/mol. The van der Waals surface area contributed by atoms with E-state index in [0.29, 0.717) is 10.0 Å². The highest BCUT2D eigenvalue weighted by Crippen LogP contribution is 2.33. The van der Waals surface area contributed by atoms with Crippen LogP contribution in [0.1, 0.15) is 24.4 Å². The number of hydrogen-bond donors (Lipinski definition) is 1. The van der Waals surface area contributed by atoms with Gasteiger partial charge in [-0.15, -0.1) is 0 Å². The first-order valence-electron chi connectivity index (χ1n) is 5.40. The molecule has 5 heteroatoms. The Labute approximate surface area is 110 Å². The van der Waals surface area contributed by atoms with Gasteiger partial charge in [-0.1, -0.05) is 29.3 Å². The van der Waals surface area contributed by atoms with Crippen LogP contribution in [0.15, 0.2) is 18.2 Å². The van der Waals surface area contributed by atoms with Gasteiger partial charge in [0.2, 0.25) is 0 Å². The maximum Gasteiger partial charge on any atom is 0.322 e. The molecule has 0 bridgehead atoms. The quantitative estimate of drug-likeness (QED) is 0.842. The Balaban J connectivity index is 2.12. The molecule has 1 fully saturated rings. The van der Waals surface area contributed by atoms with Crippen molar-refractivity contribution < 1.29 is 9.53 Å². The summed E-state index contributed by atoms with van der Waals surface area (Å²) in [5.41, 5.74) is 0.975. The van der Waals surface area contributed by atoms with Crippen molar-refractivity contribution >= 4 is 29.2 Å². The minimum Gasteiger partial charge on any atom is -0.468 e. The molecule has 0 amide bonds. The van der Waals surface area contributed by atoms with Gasteiger partial charge < -0.3 is 4.74 Å². The maximum atomic E-state index is 11.4. The normalized spacial score (nSPS) is 23.7. The van der Waals surface area contributed by atoms with E-state index in [0.717, 1.165) is 18.4 Å². The molecule has 0 spiro atoms. The van der Waals surface area contributed by atoms with Gasteiger partial charge >= 0.3 is 5.97 Å². The molecule has 92 valence electrons. The fraction of sp³-hybridized carbons (Fsp3) is 0.417. The van der Waals surface area contributed by atoms with E-state index in [-0.39, 0.29) is 18.1 Å². The molecule has 0 unspecified atom stereocenters. The molecule has 3 nitrogen and oxygen atoms in total. The van der Waals surface area contributed by atoms with E-state index in [1.807, 2.05) is 6.07 Å². The third-order valence-electron chi connectivity index (χ3n) is 2.97. The third-order valence-corrected chi connectivity index (χ3v) is 3.53. The lowest BCUT2D eigenvalue weighted by Gasteiger charge is -2.14. The van der Waals surface area contributed by atoms with Gasteiger partial charge in [-0.25, -0.2) is 0 Å². The highest BCUT2D eigenvalue weighted by atomic mass is 35.5. The van der Waals surface area contributed by atoms with E-state index in [2.05, 4.69) is 5.32 Å². The second kappa shape index (κ2) is 5.25. The van der Waals surface area contributed by atoms with Gasteiger partial charge in [0.15, 0.2) is 0 Å².